The minimum absolute atomic E-state index is 0.0350. The summed E-state index contributed by atoms with van der Waals surface area (Å²) in [7, 11) is 0. The second-order valence-corrected chi connectivity index (χ2v) is 6.77. The highest BCUT2D eigenvalue weighted by Crippen LogP contribution is 2.33. The summed E-state index contributed by atoms with van der Waals surface area (Å²) in [6, 6.07) is 0.625. The quantitative estimate of drug-likeness (QED) is 0.798. The van der Waals surface area contributed by atoms with Crippen molar-refractivity contribution in [2.75, 3.05) is 13.2 Å². The van der Waals surface area contributed by atoms with Crippen molar-refractivity contribution in [2.24, 2.45) is 5.92 Å². The summed E-state index contributed by atoms with van der Waals surface area (Å²) in [6.45, 7) is 3.68. The Labute approximate surface area is 115 Å². The van der Waals surface area contributed by atoms with E-state index in [2.05, 4.69) is 17.6 Å². The maximum atomic E-state index is 12.4. The van der Waals surface area contributed by atoms with E-state index in [9.17, 15) is 4.79 Å². The first-order valence-electron chi connectivity index (χ1n) is 7.82. The van der Waals surface area contributed by atoms with Gasteiger partial charge in [0, 0.05) is 24.8 Å². The molecule has 0 radical (unpaired) electrons. The molecule has 1 aliphatic carbocycles. The molecule has 0 aromatic heterocycles. The molecule has 3 aliphatic rings. The summed E-state index contributed by atoms with van der Waals surface area (Å²) >= 11 is 0. The first-order valence-corrected chi connectivity index (χ1v) is 7.82. The first kappa shape index (κ1) is 13.4. The van der Waals surface area contributed by atoms with Gasteiger partial charge in [-0.05, 0) is 44.9 Å². The summed E-state index contributed by atoms with van der Waals surface area (Å²) in [5.74, 6) is 0.936. The fourth-order valence-corrected chi connectivity index (χ4v) is 3.85. The van der Waals surface area contributed by atoms with Crippen LogP contribution >= 0.6 is 0 Å². The summed E-state index contributed by atoms with van der Waals surface area (Å²) in [6.07, 6.45) is 8.09. The number of fused-ring (bicyclic) bond motifs is 1. The molecule has 2 saturated heterocycles. The van der Waals surface area contributed by atoms with Crippen LogP contribution in [0.1, 0.15) is 51.9 Å². The zero-order chi connectivity index (χ0) is 13.3. The van der Waals surface area contributed by atoms with Crippen LogP contribution in [0.4, 0.5) is 0 Å². The Morgan fingerprint density at radius 1 is 1.26 bits per heavy atom. The lowest BCUT2D eigenvalue weighted by atomic mass is 9.85. The van der Waals surface area contributed by atoms with E-state index in [-0.39, 0.29) is 17.5 Å². The average Bonchev–Trinajstić information content (AvgIpc) is 2.83. The largest absolute Gasteiger partial charge is 0.381 e. The molecule has 0 aromatic carbocycles. The molecule has 2 N–H and O–H groups in total. The van der Waals surface area contributed by atoms with Gasteiger partial charge in [-0.3, -0.25) is 4.79 Å². The van der Waals surface area contributed by atoms with E-state index in [1.807, 2.05) is 0 Å². The fourth-order valence-electron chi connectivity index (χ4n) is 3.85. The Morgan fingerprint density at radius 3 is 2.74 bits per heavy atom. The van der Waals surface area contributed by atoms with Crippen molar-refractivity contribution >= 4 is 5.91 Å². The molecule has 1 amide bonds. The van der Waals surface area contributed by atoms with Crippen molar-refractivity contribution in [1.29, 1.82) is 0 Å². The highest BCUT2D eigenvalue weighted by atomic mass is 16.5. The Hall–Kier alpha value is -0.610. The number of carbonyl (C=O) groups is 1. The topological polar surface area (TPSA) is 50.4 Å². The SMILES string of the molecule is CC1(NC(=O)C2CC3CCCCC3N2)CCOCC1. The third-order valence-corrected chi connectivity index (χ3v) is 5.20. The minimum Gasteiger partial charge on any atom is -0.381 e. The number of amides is 1. The Morgan fingerprint density at radius 2 is 2.00 bits per heavy atom. The number of carbonyl (C=O) groups excluding carboxylic acids is 1. The molecule has 2 aliphatic heterocycles. The monoisotopic (exact) mass is 266 g/mol. The predicted octanol–water partition coefficient (Wildman–Crippen LogP) is 1.59. The van der Waals surface area contributed by atoms with Gasteiger partial charge in [0.2, 0.25) is 5.91 Å². The van der Waals surface area contributed by atoms with Crippen LogP contribution < -0.4 is 10.6 Å². The van der Waals surface area contributed by atoms with Crippen molar-refractivity contribution in [3.8, 4) is 0 Å². The molecule has 3 atom stereocenters. The van der Waals surface area contributed by atoms with Crippen molar-refractivity contribution < 1.29 is 9.53 Å². The van der Waals surface area contributed by atoms with E-state index >= 15 is 0 Å². The van der Waals surface area contributed by atoms with Gasteiger partial charge in [0.1, 0.15) is 0 Å². The molecular formula is C15H26N2O2. The zero-order valence-electron chi connectivity index (χ0n) is 11.9. The Bertz CT molecular complexity index is 325. The highest BCUT2D eigenvalue weighted by molar-refractivity contribution is 5.83. The minimum atomic E-state index is -0.0647. The van der Waals surface area contributed by atoms with Gasteiger partial charge in [-0.1, -0.05) is 12.8 Å². The normalized spacial score (nSPS) is 37.6. The molecule has 0 spiro atoms. The second-order valence-electron chi connectivity index (χ2n) is 6.77. The zero-order valence-corrected chi connectivity index (χ0v) is 11.9. The number of nitrogens with one attached hydrogen (secondary N) is 2. The van der Waals surface area contributed by atoms with Crippen molar-refractivity contribution in [3.05, 3.63) is 0 Å². The molecular weight excluding hydrogens is 240 g/mol. The smallest absolute Gasteiger partial charge is 0.237 e. The second kappa shape index (κ2) is 5.41. The maximum absolute atomic E-state index is 12.4. The van der Waals surface area contributed by atoms with Gasteiger partial charge in [-0.25, -0.2) is 0 Å². The van der Waals surface area contributed by atoms with Gasteiger partial charge in [-0.15, -0.1) is 0 Å². The molecule has 3 unspecified atom stereocenters. The van der Waals surface area contributed by atoms with E-state index in [1.165, 1.54) is 25.7 Å². The summed E-state index contributed by atoms with van der Waals surface area (Å²) in [5, 5.41) is 6.82. The molecule has 108 valence electrons. The summed E-state index contributed by atoms with van der Waals surface area (Å²) in [5.41, 5.74) is -0.0647. The third-order valence-electron chi connectivity index (χ3n) is 5.20. The lowest BCUT2D eigenvalue weighted by Gasteiger charge is -2.35. The van der Waals surface area contributed by atoms with Crippen molar-refractivity contribution in [2.45, 2.75) is 69.5 Å². The molecule has 2 heterocycles. The standard InChI is InChI=1S/C15H26N2O2/c1-15(6-8-19-9-7-15)17-14(18)13-10-11-4-2-3-5-12(11)16-13/h11-13,16H,2-10H2,1H3,(H,17,18). The van der Waals surface area contributed by atoms with Crippen molar-refractivity contribution in [3.63, 3.8) is 0 Å². The van der Waals surface area contributed by atoms with E-state index in [0.29, 0.717) is 6.04 Å². The van der Waals surface area contributed by atoms with Crippen LogP contribution in [-0.4, -0.2) is 36.7 Å². The molecule has 3 fully saturated rings. The van der Waals surface area contributed by atoms with Crippen LogP contribution in [-0.2, 0) is 9.53 Å². The summed E-state index contributed by atoms with van der Waals surface area (Å²) in [4.78, 5) is 12.4. The van der Waals surface area contributed by atoms with Crippen molar-refractivity contribution in [1.82, 2.24) is 10.6 Å². The first-order chi connectivity index (χ1) is 9.16. The van der Waals surface area contributed by atoms with Crippen LogP contribution in [0.25, 0.3) is 0 Å². The van der Waals surface area contributed by atoms with E-state index in [1.54, 1.807) is 0 Å². The van der Waals surface area contributed by atoms with E-state index in [4.69, 9.17) is 4.74 Å². The lowest BCUT2D eigenvalue weighted by molar-refractivity contribution is -0.125. The predicted molar refractivity (Wildman–Crippen MR) is 73.9 cm³/mol. The number of hydrogen-bond acceptors (Lipinski definition) is 3. The average molecular weight is 266 g/mol. The Kier molecular flexibility index (Phi) is 3.81. The molecule has 4 heteroatoms. The molecule has 3 rings (SSSR count). The molecule has 0 bridgehead atoms. The number of ether oxygens (including phenoxy) is 1. The van der Waals surface area contributed by atoms with E-state index < -0.39 is 0 Å². The maximum Gasteiger partial charge on any atom is 0.237 e. The molecule has 19 heavy (non-hydrogen) atoms. The molecule has 1 saturated carbocycles. The van der Waals surface area contributed by atoms with Gasteiger partial charge in [0.25, 0.3) is 0 Å². The van der Waals surface area contributed by atoms with Gasteiger partial charge < -0.3 is 15.4 Å². The van der Waals surface area contributed by atoms with Gasteiger partial charge >= 0.3 is 0 Å². The summed E-state index contributed by atoms with van der Waals surface area (Å²) < 4.78 is 5.38. The van der Waals surface area contributed by atoms with Crippen LogP contribution in [0.3, 0.4) is 0 Å². The fraction of sp³-hybridized carbons (Fsp3) is 0.933. The van der Waals surface area contributed by atoms with Gasteiger partial charge in [0.15, 0.2) is 0 Å². The van der Waals surface area contributed by atoms with Gasteiger partial charge in [0.05, 0.1) is 6.04 Å². The highest BCUT2D eigenvalue weighted by Gasteiger charge is 2.40. The van der Waals surface area contributed by atoms with Crippen LogP contribution in [0.2, 0.25) is 0 Å². The van der Waals surface area contributed by atoms with Crippen LogP contribution in [0.15, 0.2) is 0 Å². The molecule has 0 aromatic rings. The third kappa shape index (κ3) is 2.95. The number of rotatable bonds is 2. The van der Waals surface area contributed by atoms with E-state index in [0.717, 1.165) is 38.4 Å². The van der Waals surface area contributed by atoms with Crippen LogP contribution in [0.5, 0.6) is 0 Å². The van der Waals surface area contributed by atoms with Crippen LogP contribution in [0, 0.1) is 5.92 Å². The molecule has 4 nitrogen and oxygen atoms in total. The Balaban J connectivity index is 1.56. The lowest BCUT2D eigenvalue weighted by Crippen LogP contribution is -2.54. The van der Waals surface area contributed by atoms with Gasteiger partial charge in [-0.2, -0.15) is 0 Å². The number of hydrogen-bond donors (Lipinski definition) is 2.